The molecule has 2 aromatic rings. The third-order valence-electron chi connectivity index (χ3n) is 3.37. The summed E-state index contributed by atoms with van der Waals surface area (Å²) in [5.74, 6) is 0.837. The van der Waals surface area contributed by atoms with E-state index in [1.165, 1.54) is 5.56 Å². The first-order valence-corrected chi connectivity index (χ1v) is 7.94. The van der Waals surface area contributed by atoms with Gasteiger partial charge in [0, 0.05) is 23.7 Å². The van der Waals surface area contributed by atoms with Crippen molar-refractivity contribution < 1.29 is 9.84 Å². The Morgan fingerprint density at radius 3 is 2.43 bits per heavy atom. The highest BCUT2D eigenvalue weighted by molar-refractivity contribution is 6.31. The molecular weight excluding hydrogens is 333 g/mol. The van der Waals surface area contributed by atoms with E-state index in [9.17, 15) is 0 Å². The fraction of sp³-hybridized carbons (Fsp3) is 0.333. The molecule has 0 saturated carbocycles. The number of aliphatic hydroxyl groups excluding tert-OH is 1. The minimum absolute atomic E-state index is 0. The maximum absolute atomic E-state index is 8.71. The second-order valence-corrected chi connectivity index (χ2v) is 5.54. The average Bonchev–Trinajstić information content (AvgIpc) is 2.55. The van der Waals surface area contributed by atoms with Gasteiger partial charge < -0.3 is 15.2 Å². The molecule has 0 saturated heterocycles. The van der Waals surface area contributed by atoms with E-state index in [0.717, 1.165) is 42.3 Å². The summed E-state index contributed by atoms with van der Waals surface area (Å²) in [6.07, 6.45) is 1.84. The normalized spacial score (nSPS) is 10.2. The molecule has 2 rings (SSSR count). The molecule has 0 fully saturated rings. The molecule has 3 nitrogen and oxygen atoms in total. The van der Waals surface area contributed by atoms with Gasteiger partial charge in [-0.25, -0.2) is 0 Å². The van der Waals surface area contributed by atoms with Crippen molar-refractivity contribution in [2.24, 2.45) is 0 Å². The number of nitrogens with one attached hydrogen (secondary N) is 1. The Labute approximate surface area is 149 Å². The smallest absolute Gasteiger partial charge is 0.119 e. The molecule has 0 unspecified atom stereocenters. The molecule has 0 aliphatic carbocycles. The molecular formula is C18H23Cl2NO2. The lowest BCUT2D eigenvalue weighted by Crippen LogP contribution is -2.14. The molecule has 0 radical (unpaired) electrons. The molecule has 0 bridgehead atoms. The first kappa shape index (κ1) is 19.8. The van der Waals surface area contributed by atoms with E-state index < -0.39 is 0 Å². The zero-order chi connectivity index (χ0) is 15.6. The third-order valence-corrected chi connectivity index (χ3v) is 3.74. The fourth-order valence-corrected chi connectivity index (χ4v) is 2.26. The van der Waals surface area contributed by atoms with Gasteiger partial charge in [-0.05, 0) is 43.1 Å². The summed E-state index contributed by atoms with van der Waals surface area (Å²) in [4.78, 5) is 0. The van der Waals surface area contributed by atoms with Gasteiger partial charge in [-0.2, -0.15) is 0 Å². The molecule has 5 heteroatoms. The summed E-state index contributed by atoms with van der Waals surface area (Å²) in [6, 6.07) is 15.8. The number of hydrogen-bond acceptors (Lipinski definition) is 3. The van der Waals surface area contributed by atoms with E-state index in [4.69, 9.17) is 21.4 Å². The standard InChI is InChI=1S/C18H22ClNO2.ClH/c19-18-6-2-1-5-16(18)14-22-17-9-7-15(8-10-17)13-20-11-3-4-12-21;/h1-2,5-10,20-21H,3-4,11-14H2;1H. The van der Waals surface area contributed by atoms with Crippen molar-refractivity contribution in [3.8, 4) is 5.75 Å². The lowest BCUT2D eigenvalue weighted by Gasteiger charge is -2.09. The Kier molecular flexibility index (Phi) is 9.72. The van der Waals surface area contributed by atoms with Crippen molar-refractivity contribution in [1.29, 1.82) is 0 Å². The van der Waals surface area contributed by atoms with Gasteiger partial charge in [0.2, 0.25) is 0 Å². The Balaban J connectivity index is 0.00000264. The molecule has 23 heavy (non-hydrogen) atoms. The Hall–Kier alpha value is -1.26. The highest BCUT2D eigenvalue weighted by Gasteiger charge is 2.01. The molecule has 0 atom stereocenters. The zero-order valence-electron chi connectivity index (χ0n) is 13.0. The molecule has 0 aliphatic rings. The maximum atomic E-state index is 8.71. The van der Waals surface area contributed by atoms with Crippen LogP contribution >= 0.6 is 24.0 Å². The number of unbranched alkanes of at least 4 members (excludes halogenated alkanes) is 1. The van der Waals surface area contributed by atoms with Gasteiger partial charge in [-0.1, -0.05) is 41.9 Å². The van der Waals surface area contributed by atoms with Gasteiger partial charge in [0.25, 0.3) is 0 Å². The number of rotatable bonds is 9. The summed E-state index contributed by atoms with van der Waals surface area (Å²) in [6.45, 7) is 2.49. The van der Waals surface area contributed by atoms with Crippen LogP contribution in [0.5, 0.6) is 5.75 Å². The topological polar surface area (TPSA) is 41.5 Å². The molecule has 2 aromatic carbocycles. The molecule has 0 spiro atoms. The molecule has 0 aliphatic heterocycles. The van der Waals surface area contributed by atoms with Crippen LogP contribution in [0.2, 0.25) is 5.02 Å². The quantitative estimate of drug-likeness (QED) is 0.662. The van der Waals surface area contributed by atoms with Gasteiger partial charge >= 0.3 is 0 Å². The van der Waals surface area contributed by atoms with E-state index >= 15 is 0 Å². The largest absolute Gasteiger partial charge is 0.489 e. The van der Waals surface area contributed by atoms with Crippen LogP contribution in [0.1, 0.15) is 24.0 Å². The van der Waals surface area contributed by atoms with Crippen molar-refractivity contribution in [3.05, 3.63) is 64.7 Å². The molecule has 126 valence electrons. The summed E-state index contributed by atoms with van der Waals surface area (Å²) >= 11 is 6.11. The van der Waals surface area contributed by atoms with E-state index in [-0.39, 0.29) is 19.0 Å². The van der Waals surface area contributed by atoms with E-state index in [2.05, 4.69) is 17.4 Å². The maximum Gasteiger partial charge on any atom is 0.119 e. The van der Waals surface area contributed by atoms with Crippen molar-refractivity contribution in [2.45, 2.75) is 26.0 Å². The van der Waals surface area contributed by atoms with Crippen LogP contribution in [0.15, 0.2) is 48.5 Å². The lowest BCUT2D eigenvalue weighted by atomic mass is 10.2. The summed E-state index contributed by atoms with van der Waals surface area (Å²) in [5.41, 5.74) is 2.20. The van der Waals surface area contributed by atoms with Crippen molar-refractivity contribution in [2.75, 3.05) is 13.2 Å². The molecule has 0 aromatic heterocycles. The summed E-state index contributed by atoms with van der Waals surface area (Å²) < 4.78 is 5.75. The molecule has 0 amide bonds. The highest BCUT2D eigenvalue weighted by Crippen LogP contribution is 2.18. The summed E-state index contributed by atoms with van der Waals surface area (Å²) in [5, 5.41) is 12.8. The van der Waals surface area contributed by atoms with E-state index in [1.54, 1.807) is 0 Å². The van der Waals surface area contributed by atoms with Crippen LogP contribution in [-0.4, -0.2) is 18.3 Å². The first-order chi connectivity index (χ1) is 10.8. The van der Waals surface area contributed by atoms with Crippen molar-refractivity contribution in [1.82, 2.24) is 5.32 Å². The Morgan fingerprint density at radius 1 is 1.00 bits per heavy atom. The number of halogens is 2. The monoisotopic (exact) mass is 355 g/mol. The predicted octanol–water partition coefficient (Wildman–Crippen LogP) is 4.20. The number of hydrogen-bond donors (Lipinski definition) is 2. The predicted molar refractivity (Wildman–Crippen MR) is 97.5 cm³/mol. The van der Waals surface area contributed by atoms with Crippen LogP contribution in [-0.2, 0) is 13.2 Å². The van der Waals surface area contributed by atoms with Gasteiger partial charge in [0.05, 0.1) is 0 Å². The molecule has 2 N–H and O–H groups in total. The summed E-state index contributed by atoms with van der Waals surface area (Å²) in [7, 11) is 0. The second kappa shape index (κ2) is 11.3. The lowest BCUT2D eigenvalue weighted by molar-refractivity contribution is 0.283. The van der Waals surface area contributed by atoms with Gasteiger partial charge in [-0.15, -0.1) is 12.4 Å². The van der Waals surface area contributed by atoms with Crippen LogP contribution in [0.25, 0.3) is 0 Å². The number of benzene rings is 2. The molecule has 0 heterocycles. The van der Waals surface area contributed by atoms with Gasteiger partial charge in [0.1, 0.15) is 12.4 Å². The number of aliphatic hydroxyl groups is 1. The Morgan fingerprint density at radius 2 is 1.74 bits per heavy atom. The van der Waals surface area contributed by atoms with Crippen molar-refractivity contribution in [3.63, 3.8) is 0 Å². The number of ether oxygens (including phenoxy) is 1. The highest BCUT2D eigenvalue weighted by atomic mass is 35.5. The SMILES string of the molecule is Cl.OCCCCNCc1ccc(OCc2ccccc2Cl)cc1. The van der Waals surface area contributed by atoms with E-state index in [1.807, 2.05) is 36.4 Å². The fourth-order valence-electron chi connectivity index (χ4n) is 2.07. The second-order valence-electron chi connectivity index (χ2n) is 5.13. The van der Waals surface area contributed by atoms with Crippen LogP contribution in [0.3, 0.4) is 0 Å². The minimum Gasteiger partial charge on any atom is -0.489 e. The average molecular weight is 356 g/mol. The van der Waals surface area contributed by atoms with Gasteiger partial charge in [0.15, 0.2) is 0 Å². The Bertz CT molecular complexity index is 561. The van der Waals surface area contributed by atoms with Crippen molar-refractivity contribution >= 4 is 24.0 Å². The van der Waals surface area contributed by atoms with Crippen LogP contribution in [0, 0.1) is 0 Å². The van der Waals surface area contributed by atoms with Crippen LogP contribution in [0.4, 0.5) is 0 Å². The minimum atomic E-state index is 0. The van der Waals surface area contributed by atoms with E-state index in [0.29, 0.717) is 6.61 Å². The van der Waals surface area contributed by atoms with Crippen LogP contribution < -0.4 is 10.1 Å². The van der Waals surface area contributed by atoms with Gasteiger partial charge in [-0.3, -0.25) is 0 Å². The first-order valence-electron chi connectivity index (χ1n) is 7.56. The zero-order valence-corrected chi connectivity index (χ0v) is 14.6. The third kappa shape index (κ3) is 7.23.